The Kier molecular flexibility index (Phi) is 4.22. The SMILES string of the molecule is Cc1ccc(OCc2nc(C)c(C)s2)c([C@H](C)O)c1. The molecule has 0 radical (unpaired) electrons. The molecule has 19 heavy (non-hydrogen) atoms. The first kappa shape index (κ1) is 14.0. The van der Waals surface area contributed by atoms with E-state index in [0.717, 1.165) is 27.6 Å². The first-order valence-electron chi connectivity index (χ1n) is 6.31. The summed E-state index contributed by atoms with van der Waals surface area (Å²) in [5.74, 6) is 0.728. The number of rotatable bonds is 4. The Morgan fingerprint density at radius 2 is 2.05 bits per heavy atom. The second kappa shape index (κ2) is 5.72. The zero-order valence-corrected chi connectivity index (χ0v) is 12.5. The lowest BCUT2D eigenvalue weighted by molar-refractivity contribution is 0.190. The summed E-state index contributed by atoms with van der Waals surface area (Å²) < 4.78 is 5.80. The van der Waals surface area contributed by atoms with Gasteiger partial charge in [-0.3, -0.25) is 0 Å². The molecule has 2 rings (SSSR count). The molecule has 102 valence electrons. The largest absolute Gasteiger partial charge is 0.486 e. The lowest BCUT2D eigenvalue weighted by Crippen LogP contribution is -2.01. The quantitative estimate of drug-likeness (QED) is 0.926. The van der Waals surface area contributed by atoms with Gasteiger partial charge in [0.25, 0.3) is 0 Å². The third kappa shape index (κ3) is 3.33. The van der Waals surface area contributed by atoms with Crippen LogP contribution in [0.3, 0.4) is 0 Å². The van der Waals surface area contributed by atoms with Crippen LogP contribution in [0.25, 0.3) is 0 Å². The van der Waals surface area contributed by atoms with E-state index in [0.29, 0.717) is 6.61 Å². The number of aliphatic hydroxyl groups is 1. The second-order valence-electron chi connectivity index (χ2n) is 4.76. The van der Waals surface area contributed by atoms with Gasteiger partial charge < -0.3 is 9.84 Å². The summed E-state index contributed by atoms with van der Waals surface area (Å²) in [5, 5.41) is 10.7. The lowest BCUT2D eigenvalue weighted by atomic mass is 10.1. The molecule has 1 aromatic carbocycles. The van der Waals surface area contributed by atoms with Crippen molar-refractivity contribution in [2.75, 3.05) is 0 Å². The molecule has 0 amide bonds. The highest BCUT2D eigenvalue weighted by Crippen LogP contribution is 2.27. The topological polar surface area (TPSA) is 42.4 Å². The van der Waals surface area contributed by atoms with Crippen molar-refractivity contribution < 1.29 is 9.84 Å². The van der Waals surface area contributed by atoms with Crippen LogP contribution in [-0.4, -0.2) is 10.1 Å². The van der Waals surface area contributed by atoms with Crippen LogP contribution in [0, 0.1) is 20.8 Å². The van der Waals surface area contributed by atoms with E-state index in [2.05, 4.69) is 11.9 Å². The standard InChI is InChI=1S/C15H19NO2S/c1-9-5-6-14(13(7-9)11(3)17)18-8-15-16-10(2)12(4)19-15/h5-7,11,17H,8H2,1-4H3/t11-/m0/s1. The van der Waals surface area contributed by atoms with Crippen molar-refractivity contribution in [2.24, 2.45) is 0 Å². The van der Waals surface area contributed by atoms with E-state index in [4.69, 9.17) is 4.74 Å². The minimum atomic E-state index is -0.533. The maximum Gasteiger partial charge on any atom is 0.140 e. The number of hydrogen-bond acceptors (Lipinski definition) is 4. The first-order chi connectivity index (χ1) is 8.97. The van der Waals surface area contributed by atoms with E-state index < -0.39 is 6.10 Å². The fourth-order valence-electron chi connectivity index (χ4n) is 1.87. The fourth-order valence-corrected chi connectivity index (χ4v) is 2.71. The number of hydrogen-bond donors (Lipinski definition) is 1. The zero-order chi connectivity index (χ0) is 14.0. The molecule has 0 saturated carbocycles. The number of aryl methyl sites for hydroxylation is 3. The molecule has 1 atom stereocenters. The summed E-state index contributed by atoms with van der Waals surface area (Å²) in [6, 6.07) is 5.85. The van der Waals surface area contributed by atoms with Crippen molar-refractivity contribution >= 4 is 11.3 Å². The molecule has 0 spiro atoms. The van der Waals surface area contributed by atoms with E-state index in [-0.39, 0.29) is 0 Å². The Morgan fingerprint density at radius 3 is 2.63 bits per heavy atom. The molecule has 0 aliphatic heterocycles. The number of thiazole rings is 1. The molecule has 4 heteroatoms. The molecule has 1 heterocycles. The van der Waals surface area contributed by atoms with Crippen LogP contribution in [0.1, 0.15) is 39.7 Å². The van der Waals surface area contributed by atoms with Gasteiger partial charge in [0.15, 0.2) is 0 Å². The molecule has 2 aromatic rings. The molecule has 1 N–H and O–H groups in total. The molecule has 0 aliphatic carbocycles. The highest BCUT2D eigenvalue weighted by atomic mass is 32.1. The van der Waals surface area contributed by atoms with E-state index >= 15 is 0 Å². The van der Waals surface area contributed by atoms with Gasteiger partial charge in [-0.2, -0.15) is 0 Å². The smallest absolute Gasteiger partial charge is 0.140 e. The van der Waals surface area contributed by atoms with Crippen molar-refractivity contribution in [3.8, 4) is 5.75 Å². The Morgan fingerprint density at radius 1 is 1.32 bits per heavy atom. The molecule has 0 unspecified atom stereocenters. The molecule has 0 bridgehead atoms. The monoisotopic (exact) mass is 277 g/mol. The van der Waals surface area contributed by atoms with Crippen molar-refractivity contribution in [2.45, 2.75) is 40.4 Å². The van der Waals surface area contributed by atoms with Crippen LogP contribution in [0.2, 0.25) is 0 Å². The van der Waals surface area contributed by atoms with E-state index in [1.807, 2.05) is 32.0 Å². The van der Waals surface area contributed by atoms with Crippen molar-refractivity contribution in [1.82, 2.24) is 4.98 Å². The zero-order valence-electron chi connectivity index (χ0n) is 11.7. The van der Waals surface area contributed by atoms with Crippen LogP contribution in [0.4, 0.5) is 0 Å². The summed E-state index contributed by atoms with van der Waals surface area (Å²) in [6.07, 6.45) is -0.533. The highest BCUT2D eigenvalue weighted by Gasteiger charge is 2.11. The first-order valence-corrected chi connectivity index (χ1v) is 7.13. The third-order valence-electron chi connectivity index (χ3n) is 3.04. The van der Waals surface area contributed by atoms with Crippen molar-refractivity contribution in [1.29, 1.82) is 0 Å². The van der Waals surface area contributed by atoms with Crippen LogP contribution >= 0.6 is 11.3 Å². The number of ether oxygens (including phenoxy) is 1. The minimum absolute atomic E-state index is 0.447. The van der Waals surface area contributed by atoms with Crippen LogP contribution < -0.4 is 4.74 Å². The molecular formula is C15H19NO2S. The Bertz CT molecular complexity index is 556. The molecule has 0 saturated heterocycles. The maximum absolute atomic E-state index is 9.78. The summed E-state index contributed by atoms with van der Waals surface area (Å²) in [6.45, 7) is 8.26. The average Bonchev–Trinajstić information content (AvgIpc) is 2.67. The highest BCUT2D eigenvalue weighted by molar-refractivity contribution is 7.11. The Balaban J connectivity index is 2.15. The van der Waals surface area contributed by atoms with E-state index in [9.17, 15) is 5.11 Å². The average molecular weight is 277 g/mol. The normalized spacial score (nSPS) is 12.5. The number of aromatic nitrogens is 1. The predicted octanol–water partition coefficient (Wildman–Crippen LogP) is 3.70. The lowest BCUT2D eigenvalue weighted by Gasteiger charge is -2.13. The second-order valence-corrected chi connectivity index (χ2v) is 6.04. The number of aliphatic hydroxyl groups excluding tert-OH is 1. The molecule has 1 aromatic heterocycles. The van der Waals surface area contributed by atoms with Gasteiger partial charge in [0.05, 0.1) is 11.8 Å². The Hall–Kier alpha value is -1.39. The van der Waals surface area contributed by atoms with Gasteiger partial charge in [-0.15, -0.1) is 11.3 Å². The fraction of sp³-hybridized carbons (Fsp3) is 0.400. The van der Waals surface area contributed by atoms with Gasteiger partial charge in [0, 0.05) is 10.4 Å². The van der Waals surface area contributed by atoms with Gasteiger partial charge in [0.2, 0.25) is 0 Å². The molecule has 0 aliphatic rings. The van der Waals surface area contributed by atoms with Gasteiger partial charge >= 0.3 is 0 Å². The van der Waals surface area contributed by atoms with Crippen LogP contribution in [-0.2, 0) is 6.61 Å². The van der Waals surface area contributed by atoms with Crippen LogP contribution in [0.5, 0.6) is 5.75 Å². The van der Waals surface area contributed by atoms with Crippen molar-refractivity contribution in [3.63, 3.8) is 0 Å². The van der Waals surface area contributed by atoms with E-state index in [1.165, 1.54) is 4.88 Å². The number of benzene rings is 1. The molecule has 0 fully saturated rings. The van der Waals surface area contributed by atoms with Gasteiger partial charge in [0.1, 0.15) is 17.4 Å². The van der Waals surface area contributed by atoms with Crippen LogP contribution in [0.15, 0.2) is 18.2 Å². The third-order valence-corrected chi connectivity index (χ3v) is 4.09. The summed E-state index contributed by atoms with van der Waals surface area (Å²) in [4.78, 5) is 5.67. The number of nitrogens with zero attached hydrogens (tertiary/aromatic N) is 1. The predicted molar refractivity (Wildman–Crippen MR) is 77.7 cm³/mol. The minimum Gasteiger partial charge on any atom is -0.486 e. The molecule has 3 nitrogen and oxygen atoms in total. The summed E-state index contributed by atoms with van der Waals surface area (Å²) in [5.41, 5.74) is 3.00. The van der Waals surface area contributed by atoms with Crippen molar-refractivity contribution in [3.05, 3.63) is 44.9 Å². The van der Waals surface area contributed by atoms with Gasteiger partial charge in [-0.1, -0.05) is 11.6 Å². The van der Waals surface area contributed by atoms with E-state index in [1.54, 1.807) is 18.3 Å². The van der Waals surface area contributed by atoms with Gasteiger partial charge in [-0.05, 0) is 39.8 Å². The van der Waals surface area contributed by atoms with Gasteiger partial charge in [-0.25, -0.2) is 4.98 Å². The summed E-state index contributed by atoms with van der Waals surface area (Å²) >= 11 is 1.65. The Labute approximate surface area is 117 Å². The maximum atomic E-state index is 9.78. The summed E-state index contributed by atoms with van der Waals surface area (Å²) in [7, 11) is 0. The molecular weight excluding hydrogens is 258 g/mol.